The number of aromatic hydroxyl groups is 2. The zero-order chi connectivity index (χ0) is 20.3. The van der Waals surface area contributed by atoms with Crippen LogP contribution in [0.3, 0.4) is 0 Å². The van der Waals surface area contributed by atoms with E-state index in [2.05, 4.69) is 21.0 Å². The first-order valence-electron chi connectivity index (χ1n) is 9.58. The standard InChI is InChI=1S/C19H34NO6P/c1-4-5-6-7-12-20(2,3)13-15-26-27(23,24)25-14-8-9-17-10-11-18(21)19(22)16-17/h10-11,16H,4-9,12-15H2,1-3H3,(H2-,21,22,23,24). The normalized spacial score (nSPS) is 14.2. The molecule has 0 aromatic heterocycles. The zero-order valence-electron chi connectivity index (χ0n) is 16.7. The Morgan fingerprint density at radius 3 is 2.37 bits per heavy atom. The Morgan fingerprint density at radius 2 is 1.70 bits per heavy atom. The van der Waals surface area contributed by atoms with E-state index >= 15 is 0 Å². The Morgan fingerprint density at radius 1 is 1.00 bits per heavy atom. The summed E-state index contributed by atoms with van der Waals surface area (Å²) in [6.07, 6.45) is 5.72. The number of aryl methyl sites for hydroxylation is 1. The van der Waals surface area contributed by atoms with Gasteiger partial charge in [-0.3, -0.25) is 4.57 Å². The summed E-state index contributed by atoms with van der Waals surface area (Å²) in [4.78, 5) is 11.8. The number of phenolic OH excluding ortho intramolecular Hbond substituents is 2. The number of hydrogen-bond acceptors (Lipinski definition) is 6. The number of benzene rings is 1. The van der Waals surface area contributed by atoms with Gasteiger partial charge in [-0.1, -0.05) is 25.8 Å². The number of likely N-dealkylation sites (N-methyl/N-ethyl adjacent to an activating group) is 1. The number of phosphoric acid groups is 1. The van der Waals surface area contributed by atoms with Crippen LogP contribution in [0.2, 0.25) is 0 Å². The number of phenols is 2. The van der Waals surface area contributed by atoms with Crippen molar-refractivity contribution in [2.75, 3.05) is 40.4 Å². The van der Waals surface area contributed by atoms with Crippen LogP contribution in [0.4, 0.5) is 0 Å². The summed E-state index contributed by atoms with van der Waals surface area (Å²) >= 11 is 0. The number of phosphoric ester groups is 1. The number of hydrogen-bond donors (Lipinski definition) is 2. The lowest BCUT2D eigenvalue weighted by atomic mass is 10.1. The summed E-state index contributed by atoms with van der Waals surface area (Å²) in [5.41, 5.74) is 0.790. The summed E-state index contributed by atoms with van der Waals surface area (Å²) < 4.78 is 22.4. The number of quaternary nitrogens is 1. The monoisotopic (exact) mass is 403 g/mol. The third-order valence-corrected chi connectivity index (χ3v) is 5.46. The Hall–Kier alpha value is -1.11. The molecule has 0 bridgehead atoms. The van der Waals surface area contributed by atoms with Crippen molar-refractivity contribution in [1.29, 1.82) is 0 Å². The van der Waals surface area contributed by atoms with Gasteiger partial charge in [-0.05, 0) is 43.4 Å². The average Bonchev–Trinajstić information content (AvgIpc) is 2.58. The van der Waals surface area contributed by atoms with Crippen LogP contribution in [0.25, 0.3) is 0 Å². The van der Waals surface area contributed by atoms with E-state index in [9.17, 15) is 19.7 Å². The van der Waals surface area contributed by atoms with E-state index in [0.717, 1.165) is 18.5 Å². The fourth-order valence-electron chi connectivity index (χ4n) is 2.69. The molecule has 0 aliphatic carbocycles. The van der Waals surface area contributed by atoms with Crippen LogP contribution >= 0.6 is 7.82 Å². The Labute approximate surface area is 162 Å². The highest BCUT2D eigenvalue weighted by Crippen LogP contribution is 2.38. The molecular formula is C19H34NO6P. The Balaban J connectivity index is 2.22. The minimum atomic E-state index is -4.30. The van der Waals surface area contributed by atoms with Crippen LogP contribution in [0.5, 0.6) is 11.5 Å². The Kier molecular flexibility index (Phi) is 10.3. The maximum Gasteiger partial charge on any atom is 0.268 e. The van der Waals surface area contributed by atoms with Crippen molar-refractivity contribution in [2.24, 2.45) is 0 Å². The van der Waals surface area contributed by atoms with Crippen LogP contribution in [0, 0.1) is 0 Å². The maximum atomic E-state index is 11.8. The molecule has 0 aliphatic heterocycles. The van der Waals surface area contributed by atoms with Crippen molar-refractivity contribution in [3.63, 3.8) is 0 Å². The van der Waals surface area contributed by atoms with Crippen LogP contribution in [0.15, 0.2) is 18.2 Å². The highest BCUT2D eigenvalue weighted by Gasteiger charge is 2.17. The molecular weight excluding hydrogens is 369 g/mol. The molecule has 7 nitrogen and oxygen atoms in total. The van der Waals surface area contributed by atoms with Gasteiger partial charge >= 0.3 is 0 Å². The van der Waals surface area contributed by atoms with Crippen molar-refractivity contribution < 1.29 is 33.2 Å². The molecule has 0 fully saturated rings. The van der Waals surface area contributed by atoms with E-state index in [4.69, 9.17) is 9.05 Å². The van der Waals surface area contributed by atoms with E-state index in [1.807, 2.05) is 0 Å². The van der Waals surface area contributed by atoms with Gasteiger partial charge in [0.1, 0.15) is 13.2 Å². The van der Waals surface area contributed by atoms with Crippen molar-refractivity contribution in [3.8, 4) is 11.5 Å². The SMILES string of the molecule is CCCCCC[N+](C)(C)CCOP(=O)([O-])OCCCc1ccc(O)c(O)c1. The van der Waals surface area contributed by atoms with E-state index in [1.165, 1.54) is 31.4 Å². The second kappa shape index (κ2) is 11.7. The van der Waals surface area contributed by atoms with Gasteiger partial charge in [-0.15, -0.1) is 0 Å². The van der Waals surface area contributed by atoms with Gasteiger partial charge < -0.3 is 28.6 Å². The lowest BCUT2D eigenvalue weighted by molar-refractivity contribution is -0.890. The van der Waals surface area contributed by atoms with E-state index in [0.29, 0.717) is 23.9 Å². The van der Waals surface area contributed by atoms with Gasteiger partial charge in [0.15, 0.2) is 11.5 Å². The molecule has 0 spiro atoms. The highest BCUT2D eigenvalue weighted by molar-refractivity contribution is 7.45. The van der Waals surface area contributed by atoms with Crippen molar-refractivity contribution in [2.45, 2.75) is 45.4 Å². The summed E-state index contributed by atoms with van der Waals surface area (Å²) in [6.45, 7) is 3.89. The fraction of sp³-hybridized carbons (Fsp3) is 0.684. The number of nitrogens with zero attached hydrogens (tertiary/aromatic N) is 1. The quantitative estimate of drug-likeness (QED) is 0.214. The molecule has 156 valence electrons. The summed E-state index contributed by atoms with van der Waals surface area (Å²) in [5, 5.41) is 18.7. The largest absolute Gasteiger partial charge is 0.756 e. The van der Waals surface area contributed by atoms with Crippen molar-refractivity contribution in [3.05, 3.63) is 23.8 Å². The van der Waals surface area contributed by atoms with E-state index < -0.39 is 7.82 Å². The highest BCUT2D eigenvalue weighted by atomic mass is 31.2. The molecule has 8 heteroatoms. The third-order valence-electron chi connectivity index (χ3n) is 4.46. The molecule has 0 aliphatic rings. The molecule has 1 aromatic carbocycles. The van der Waals surface area contributed by atoms with Crippen LogP contribution in [-0.4, -0.2) is 55.1 Å². The molecule has 0 radical (unpaired) electrons. The average molecular weight is 403 g/mol. The lowest BCUT2D eigenvalue weighted by Crippen LogP contribution is -2.43. The first-order chi connectivity index (χ1) is 12.7. The fourth-order valence-corrected chi connectivity index (χ4v) is 3.43. The van der Waals surface area contributed by atoms with E-state index in [1.54, 1.807) is 6.07 Å². The molecule has 0 saturated carbocycles. The second-order valence-electron chi connectivity index (χ2n) is 7.48. The molecule has 1 unspecified atom stereocenters. The third kappa shape index (κ3) is 10.7. The minimum Gasteiger partial charge on any atom is -0.756 e. The predicted octanol–water partition coefficient (Wildman–Crippen LogP) is 3.19. The predicted molar refractivity (Wildman–Crippen MR) is 104 cm³/mol. The van der Waals surface area contributed by atoms with E-state index in [-0.39, 0.29) is 24.7 Å². The molecule has 1 rings (SSSR count). The van der Waals surface area contributed by atoms with Crippen LogP contribution in [0.1, 0.15) is 44.6 Å². The summed E-state index contributed by atoms with van der Waals surface area (Å²) in [6, 6.07) is 4.52. The molecule has 2 N–H and O–H groups in total. The van der Waals surface area contributed by atoms with Crippen LogP contribution in [-0.2, 0) is 20.0 Å². The molecule has 1 aromatic rings. The van der Waals surface area contributed by atoms with Gasteiger partial charge in [-0.25, -0.2) is 0 Å². The van der Waals surface area contributed by atoms with Crippen molar-refractivity contribution in [1.82, 2.24) is 0 Å². The van der Waals surface area contributed by atoms with Gasteiger partial charge in [0, 0.05) is 0 Å². The smallest absolute Gasteiger partial charge is 0.268 e. The van der Waals surface area contributed by atoms with Crippen molar-refractivity contribution >= 4 is 7.82 Å². The molecule has 27 heavy (non-hydrogen) atoms. The molecule has 0 saturated heterocycles. The first kappa shape index (κ1) is 23.9. The Bertz CT molecular complexity index is 608. The summed E-state index contributed by atoms with van der Waals surface area (Å²) in [5.74, 6) is -0.374. The number of unbranched alkanes of at least 4 members (excludes halogenated alkanes) is 3. The van der Waals surface area contributed by atoms with Crippen LogP contribution < -0.4 is 4.89 Å². The number of rotatable bonds is 14. The molecule has 0 heterocycles. The topological polar surface area (TPSA) is 99.1 Å². The zero-order valence-corrected chi connectivity index (χ0v) is 17.6. The summed E-state index contributed by atoms with van der Waals surface area (Å²) in [7, 11) is -0.166. The maximum absolute atomic E-state index is 11.8. The molecule has 1 atom stereocenters. The van der Waals surface area contributed by atoms with Gasteiger partial charge in [0.05, 0.1) is 27.2 Å². The van der Waals surface area contributed by atoms with Gasteiger partial charge in [0.25, 0.3) is 7.82 Å². The first-order valence-corrected chi connectivity index (χ1v) is 11.0. The minimum absolute atomic E-state index is 0.0116. The molecule has 0 amide bonds. The lowest BCUT2D eigenvalue weighted by Gasteiger charge is -2.31. The second-order valence-corrected chi connectivity index (χ2v) is 8.89. The van der Waals surface area contributed by atoms with Gasteiger partial charge in [-0.2, -0.15) is 0 Å². The van der Waals surface area contributed by atoms with Gasteiger partial charge in [0.2, 0.25) is 0 Å².